The average molecular weight is 468 g/mol. The van der Waals surface area contributed by atoms with Crippen molar-refractivity contribution >= 4 is 26.8 Å². The van der Waals surface area contributed by atoms with Crippen LogP contribution in [0.5, 0.6) is 5.88 Å². The molecule has 0 saturated heterocycles. The van der Waals surface area contributed by atoms with E-state index in [4.69, 9.17) is 15.1 Å². The summed E-state index contributed by atoms with van der Waals surface area (Å²) in [5.41, 5.74) is 0.622. The summed E-state index contributed by atoms with van der Waals surface area (Å²) < 4.78 is 29.4. The highest BCUT2D eigenvalue weighted by atomic mass is 32.2. The van der Waals surface area contributed by atoms with Crippen LogP contribution < -0.4 is 20.8 Å². The molecule has 11 nitrogen and oxygen atoms in total. The highest BCUT2D eigenvalue weighted by molar-refractivity contribution is 7.90. The van der Waals surface area contributed by atoms with Crippen molar-refractivity contribution in [3.05, 3.63) is 63.8 Å². The van der Waals surface area contributed by atoms with Gasteiger partial charge < -0.3 is 14.6 Å². The van der Waals surface area contributed by atoms with Crippen molar-refractivity contribution in [1.82, 2.24) is 19.9 Å². The molecule has 12 heteroatoms. The number of amides is 1. The molecule has 1 aliphatic carbocycles. The van der Waals surface area contributed by atoms with E-state index in [1.54, 1.807) is 12.1 Å². The maximum atomic E-state index is 12.9. The normalized spacial score (nSPS) is 14.5. The van der Waals surface area contributed by atoms with Gasteiger partial charge in [0.25, 0.3) is 11.5 Å². The Hall–Kier alpha value is -3.82. The van der Waals surface area contributed by atoms with Crippen LogP contribution in [-0.2, 0) is 23.6 Å². The molecular weight excluding hydrogens is 448 g/mol. The molecule has 0 spiro atoms. The second-order valence-electron chi connectivity index (χ2n) is 7.84. The summed E-state index contributed by atoms with van der Waals surface area (Å²) in [5, 5.41) is 17.3. The molecule has 1 aliphatic rings. The van der Waals surface area contributed by atoms with Gasteiger partial charge in [-0.15, -0.1) is 0 Å². The van der Waals surface area contributed by atoms with Crippen LogP contribution in [0.2, 0.25) is 0 Å². The number of rotatable bonds is 7. The Morgan fingerprint density at radius 3 is 2.70 bits per heavy atom. The molecule has 3 N–H and O–H groups in total. The van der Waals surface area contributed by atoms with Gasteiger partial charge in [0.05, 0.1) is 0 Å². The quantitative estimate of drug-likeness (QED) is 0.499. The third-order valence-corrected chi connectivity index (χ3v) is 7.35. The van der Waals surface area contributed by atoms with E-state index in [9.17, 15) is 18.0 Å². The smallest absolute Gasteiger partial charge is 0.263 e. The first kappa shape index (κ1) is 22.4. The first-order valence-electron chi connectivity index (χ1n) is 9.92. The van der Waals surface area contributed by atoms with Gasteiger partial charge in [-0.3, -0.25) is 9.59 Å². The van der Waals surface area contributed by atoms with Gasteiger partial charge in [0.1, 0.15) is 34.2 Å². The fourth-order valence-electron chi connectivity index (χ4n) is 3.39. The number of aromatic nitrogens is 3. The number of primary sulfonamides is 1. The molecule has 0 unspecified atom stereocenters. The van der Waals surface area contributed by atoms with Gasteiger partial charge in [0.2, 0.25) is 15.9 Å². The maximum absolute atomic E-state index is 12.9. The number of pyridine rings is 3. The molecular formula is C21H20N6O5S. The van der Waals surface area contributed by atoms with E-state index in [0.717, 1.165) is 0 Å². The van der Waals surface area contributed by atoms with E-state index in [0.29, 0.717) is 29.3 Å². The fraction of sp³-hybridized carbons (Fsp3) is 0.286. The zero-order chi connectivity index (χ0) is 23.8. The molecule has 1 saturated carbocycles. The molecule has 0 atom stereocenters. The van der Waals surface area contributed by atoms with Crippen molar-refractivity contribution in [1.29, 1.82) is 5.26 Å². The topological polar surface area (TPSA) is 170 Å². The van der Waals surface area contributed by atoms with E-state index < -0.39 is 26.2 Å². The summed E-state index contributed by atoms with van der Waals surface area (Å²) in [6, 6.07) is 8.17. The number of carbonyl (C=O) groups is 1. The molecule has 1 amide bonds. The molecule has 3 aromatic heterocycles. The third-order valence-electron chi connectivity index (χ3n) is 5.61. The van der Waals surface area contributed by atoms with Gasteiger partial charge in [0, 0.05) is 31.4 Å². The summed E-state index contributed by atoms with van der Waals surface area (Å²) in [4.78, 5) is 33.7. The Kier molecular flexibility index (Phi) is 5.61. The number of ether oxygens (including phenoxy) is 1. The molecule has 3 heterocycles. The van der Waals surface area contributed by atoms with Crippen LogP contribution in [0.15, 0.2) is 41.5 Å². The number of carbonyl (C=O) groups excluding carboxylic acids is 1. The molecule has 4 rings (SSSR count). The number of aryl methyl sites for hydroxylation is 1. The lowest BCUT2D eigenvalue weighted by Crippen LogP contribution is -2.36. The van der Waals surface area contributed by atoms with Crippen LogP contribution in [0.4, 0.5) is 0 Å². The lowest BCUT2D eigenvalue weighted by Gasteiger charge is -2.16. The van der Waals surface area contributed by atoms with Gasteiger partial charge in [-0.2, -0.15) is 5.26 Å². The summed E-state index contributed by atoms with van der Waals surface area (Å²) in [6.07, 6.45) is 3.72. The Balaban J connectivity index is 1.58. The molecule has 0 radical (unpaired) electrons. The van der Waals surface area contributed by atoms with Gasteiger partial charge in [-0.1, -0.05) is 6.07 Å². The van der Waals surface area contributed by atoms with E-state index >= 15 is 0 Å². The lowest BCUT2D eigenvalue weighted by molar-refractivity contribution is 0.0949. The van der Waals surface area contributed by atoms with Crippen molar-refractivity contribution in [3.63, 3.8) is 0 Å². The van der Waals surface area contributed by atoms with Crippen LogP contribution in [-0.4, -0.2) is 40.2 Å². The van der Waals surface area contributed by atoms with E-state index in [-0.39, 0.29) is 30.3 Å². The van der Waals surface area contributed by atoms with Crippen molar-refractivity contribution in [2.24, 2.45) is 12.2 Å². The Labute approximate surface area is 188 Å². The number of nitrogens with one attached hydrogen (secondary N) is 1. The molecule has 3 aromatic rings. The predicted molar refractivity (Wildman–Crippen MR) is 118 cm³/mol. The van der Waals surface area contributed by atoms with Crippen molar-refractivity contribution in [3.8, 4) is 11.9 Å². The van der Waals surface area contributed by atoms with E-state index in [1.807, 2.05) is 6.07 Å². The van der Waals surface area contributed by atoms with Crippen molar-refractivity contribution in [2.45, 2.75) is 24.1 Å². The Bertz CT molecular complexity index is 1450. The largest absolute Gasteiger partial charge is 0.474 e. The minimum absolute atomic E-state index is 0.0769. The molecule has 33 heavy (non-hydrogen) atoms. The number of hydrogen-bond donors (Lipinski definition) is 2. The van der Waals surface area contributed by atoms with Crippen LogP contribution in [0.1, 0.15) is 34.5 Å². The third kappa shape index (κ3) is 4.28. The zero-order valence-electron chi connectivity index (χ0n) is 17.6. The second kappa shape index (κ2) is 8.27. The highest BCUT2D eigenvalue weighted by Gasteiger charge is 2.54. The number of nitrogens with zero attached hydrogens (tertiary/aromatic N) is 4. The predicted octanol–water partition coefficient (Wildman–Crippen LogP) is 0.330. The zero-order valence-corrected chi connectivity index (χ0v) is 18.4. The fourth-order valence-corrected chi connectivity index (χ4v) is 4.29. The number of hydrogen-bond acceptors (Lipinski definition) is 8. The first-order valence-corrected chi connectivity index (χ1v) is 11.5. The van der Waals surface area contributed by atoms with Gasteiger partial charge in [-0.25, -0.2) is 23.5 Å². The molecule has 1 fully saturated rings. The Morgan fingerprint density at radius 1 is 1.33 bits per heavy atom. The Morgan fingerprint density at radius 2 is 2.09 bits per heavy atom. The van der Waals surface area contributed by atoms with Crippen LogP contribution >= 0.6 is 0 Å². The number of sulfonamides is 1. The van der Waals surface area contributed by atoms with Gasteiger partial charge >= 0.3 is 0 Å². The summed E-state index contributed by atoms with van der Waals surface area (Å²) >= 11 is 0. The van der Waals surface area contributed by atoms with Crippen molar-refractivity contribution < 1.29 is 17.9 Å². The minimum atomic E-state index is -3.78. The summed E-state index contributed by atoms with van der Waals surface area (Å²) in [5.74, 6) is -0.495. The SMILES string of the molecule is Cn1c(=O)c(C(=O)NCc2ccc(C#N)nc2)cc2ccnc(OCC3(S(N)(=O)=O)CC3)c21. The maximum Gasteiger partial charge on any atom is 0.263 e. The van der Waals surface area contributed by atoms with Crippen LogP contribution in [0.25, 0.3) is 10.9 Å². The molecule has 0 aliphatic heterocycles. The minimum Gasteiger partial charge on any atom is -0.474 e. The molecule has 170 valence electrons. The van der Waals surface area contributed by atoms with E-state index in [2.05, 4.69) is 15.3 Å². The first-order chi connectivity index (χ1) is 15.6. The van der Waals surface area contributed by atoms with Crippen LogP contribution in [0, 0.1) is 11.3 Å². The average Bonchev–Trinajstić information content (AvgIpc) is 3.60. The van der Waals surface area contributed by atoms with Gasteiger partial charge in [-0.05, 0) is 36.6 Å². The number of nitrogens with two attached hydrogens (primary N) is 1. The van der Waals surface area contributed by atoms with Crippen molar-refractivity contribution in [2.75, 3.05) is 6.61 Å². The monoisotopic (exact) mass is 468 g/mol. The highest BCUT2D eigenvalue weighted by Crippen LogP contribution is 2.42. The van der Waals surface area contributed by atoms with Gasteiger partial charge in [0.15, 0.2) is 0 Å². The molecule has 0 bridgehead atoms. The summed E-state index contributed by atoms with van der Waals surface area (Å²) in [6.45, 7) is -0.0495. The van der Waals surface area contributed by atoms with E-state index in [1.165, 1.54) is 36.1 Å². The number of fused-ring (bicyclic) bond motifs is 1. The second-order valence-corrected chi connectivity index (χ2v) is 9.80. The van der Waals surface area contributed by atoms with Crippen LogP contribution in [0.3, 0.4) is 0 Å². The number of nitriles is 1. The lowest BCUT2D eigenvalue weighted by atomic mass is 10.1. The summed E-state index contributed by atoms with van der Waals surface area (Å²) in [7, 11) is -2.30. The standard InChI is InChI=1S/C21H20N6O5S/c1-27-17-14(4-7-24-19(17)32-12-21(5-6-21)33(23,30)31)8-16(20(27)29)18(28)26-11-13-2-3-15(9-22)25-10-13/h2-4,7-8,10H,5-6,11-12H2,1H3,(H,26,28)(H2,23,30,31). The molecule has 0 aromatic carbocycles.